The van der Waals surface area contributed by atoms with Crippen molar-refractivity contribution in [2.45, 2.75) is 75.5 Å². The molecule has 240 valence electrons. The van der Waals surface area contributed by atoms with Gasteiger partial charge in [-0.05, 0) is 62.9 Å². The molecule has 14 N–H and O–H groups in total. The number of hydrogen-bond acceptors (Lipinski definition) is 10. The molecule has 0 radical (unpaired) electrons. The summed E-state index contributed by atoms with van der Waals surface area (Å²) in [4.78, 5) is 74.2. The maximum atomic E-state index is 12.8. The first-order valence-corrected chi connectivity index (χ1v) is 14.0. The van der Waals surface area contributed by atoms with Gasteiger partial charge >= 0.3 is 5.97 Å². The lowest BCUT2D eigenvalue weighted by molar-refractivity contribution is -0.142. The van der Waals surface area contributed by atoms with Crippen molar-refractivity contribution in [3.63, 3.8) is 0 Å². The molecular weight excluding hydrogens is 564 g/mol. The van der Waals surface area contributed by atoms with Gasteiger partial charge in [-0.25, -0.2) is 4.79 Å². The molecule has 0 saturated heterocycles. The third-order valence-electron chi connectivity index (χ3n) is 6.36. The zero-order chi connectivity index (χ0) is 32.4. The number of phenols is 1. The number of unbranched alkanes of at least 4 members (excludes halogenated alkanes) is 2. The van der Waals surface area contributed by atoms with Crippen molar-refractivity contribution in [1.29, 1.82) is 0 Å². The third kappa shape index (κ3) is 15.0. The highest BCUT2D eigenvalue weighted by molar-refractivity contribution is 5.95. The highest BCUT2D eigenvalue weighted by Gasteiger charge is 2.29. The molecule has 0 fully saturated rings. The maximum absolute atomic E-state index is 12.8. The zero-order valence-electron chi connectivity index (χ0n) is 24.1. The number of carboxylic acid groups (broad SMARTS) is 1. The van der Waals surface area contributed by atoms with E-state index in [-0.39, 0.29) is 18.6 Å². The van der Waals surface area contributed by atoms with Crippen molar-refractivity contribution in [3.8, 4) is 5.75 Å². The molecular formula is C27H44N8O8. The predicted octanol–water partition coefficient (Wildman–Crippen LogP) is -2.95. The van der Waals surface area contributed by atoms with Gasteiger partial charge in [0.05, 0.1) is 19.0 Å². The van der Waals surface area contributed by atoms with E-state index in [0.29, 0.717) is 50.8 Å². The van der Waals surface area contributed by atoms with Crippen LogP contribution in [0.3, 0.4) is 0 Å². The van der Waals surface area contributed by atoms with Crippen molar-refractivity contribution >= 4 is 35.5 Å². The summed E-state index contributed by atoms with van der Waals surface area (Å²) in [6, 6.07) is 0.844. The van der Waals surface area contributed by atoms with E-state index in [1.165, 1.54) is 24.3 Å². The standard InChI is InChI=1S/C27H44N8O8/c28-11-3-1-5-18(30)24(39)34-19(6-2-4-12-29)25(40)32-15-23(38)33-20(14-22(31)37)26(41)35-21(27(42)43)13-16-7-9-17(36)10-8-16/h7-10,18-21,36H,1-6,11-15,28-30H2,(H2,31,37)(H,32,40)(H,33,38)(H,34,39)(H,35,41)(H,42,43). The molecule has 0 aromatic heterocycles. The topological polar surface area (TPSA) is 295 Å². The number of phenolic OH excluding ortho intramolecular Hbond substituents is 1. The lowest BCUT2D eigenvalue weighted by Crippen LogP contribution is -2.56. The number of aromatic hydroxyl groups is 1. The molecule has 0 saturated carbocycles. The summed E-state index contributed by atoms with van der Waals surface area (Å²) in [5.41, 5.74) is 22.6. The summed E-state index contributed by atoms with van der Waals surface area (Å²) in [6.45, 7) is 0.218. The minimum atomic E-state index is -1.53. The van der Waals surface area contributed by atoms with Crippen molar-refractivity contribution in [2.75, 3.05) is 19.6 Å². The van der Waals surface area contributed by atoms with Crippen LogP contribution in [0, 0.1) is 0 Å². The Morgan fingerprint density at radius 2 is 1.33 bits per heavy atom. The Balaban J connectivity index is 2.82. The Kier molecular flexibility index (Phi) is 16.9. The van der Waals surface area contributed by atoms with Crippen molar-refractivity contribution in [1.82, 2.24) is 21.3 Å². The fourth-order valence-corrected chi connectivity index (χ4v) is 3.97. The molecule has 0 aliphatic heterocycles. The molecule has 1 aromatic rings. The average Bonchev–Trinajstić information content (AvgIpc) is 2.95. The van der Waals surface area contributed by atoms with Gasteiger partial charge in [0.1, 0.15) is 23.9 Å². The monoisotopic (exact) mass is 608 g/mol. The Labute approximate surface area is 249 Å². The average molecular weight is 609 g/mol. The van der Waals surface area contributed by atoms with Gasteiger partial charge in [0.2, 0.25) is 29.5 Å². The molecule has 0 heterocycles. The zero-order valence-corrected chi connectivity index (χ0v) is 24.1. The smallest absolute Gasteiger partial charge is 0.326 e. The molecule has 1 aromatic carbocycles. The third-order valence-corrected chi connectivity index (χ3v) is 6.36. The van der Waals surface area contributed by atoms with Crippen LogP contribution in [-0.2, 0) is 35.2 Å². The molecule has 4 unspecified atom stereocenters. The maximum Gasteiger partial charge on any atom is 0.326 e. The number of amides is 5. The lowest BCUT2D eigenvalue weighted by Gasteiger charge is -2.22. The van der Waals surface area contributed by atoms with Crippen LogP contribution < -0.4 is 44.2 Å². The van der Waals surface area contributed by atoms with Crippen LogP contribution in [0.15, 0.2) is 24.3 Å². The van der Waals surface area contributed by atoms with Gasteiger partial charge in [0.15, 0.2) is 0 Å². The molecule has 0 aliphatic rings. The summed E-state index contributed by atoms with van der Waals surface area (Å²) >= 11 is 0. The second-order valence-corrected chi connectivity index (χ2v) is 10.0. The Bertz CT molecular complexity index is 1090. The van der Waals surface area contributed by atoms with Gasteiger partial charge in [-0.2, -0.15) is 0 Å². The van der Waals surface area contributed by atoms with E-state index in [1.54, 1.807) is 0 Å². The largest absolute Gasteiger partial charge is 0.508 e. The van der Waals surface area contributed by atoms with Crippen LogP contribution >= 0.6 is 0 Å². The molecule has 5 amide bonds. The number of primary amides is 1. The van der Waals surface area contributed by atoms with E-state index >= 15 is 0 Å². The van der Waals surface area contributed by atoms with Crippen LogP contribution in [0.5, 0.6) is 5.75 Å². The van der Waals surface area contributed by atoms with Crippen molar-refractivity contribution in [3.05, 3.63) is 29.8 Å². The van der Waals surface area contributed by atoms with E-state index in [4.69, 9.17) is 22.9 Å². The highest BCUT2D eigenvalue weighted by atomic mass is 16.4. The minimum Gasteiger partial charge on any atom is -0.508 e. The van der Waals surface area contributed by atoms with Gasteiger partial charge in [-0.3, -0.25) is 24.0 Å². The number of hydrogen-bond donors (Lipinski definition) is 10. The number of benzene rings is 1. The van der Waals surface area contributed by atoms with Gasteiger partial charge < -0.3 is 54.4 Å². The van der Waals surface area contributed by atoms with E-state index < -0.39 is 72.6 Å². The first-order valence-electron chi connectivity index (χ1n) is 14.0. The molecule has 0 aliphatic carbocycles. The van der Waals surface area contributed by atoms with Crippen LogP contribution in [0.2, 0.25) is 0 Å². The Morgan fingerprint density at radius 3 is 1.88 bits per heavy atom. The van der Waals surface area contributed by atoms with Crippen molar-refractivity contribution in [2.24, 2.45) is 22.9 Å². The lowest BCUT2D eigenvalue weighted by atomic mass is 10.0. The van der Waals surface area contributed by atoms with Crippen LogP contribution in [0.4, 0.5) is 0 Å². The second kappa shape index (κ2) is 19.8. The number of nitrogens with two attached hydrogens (primary N) is 4. The molecule has 0 spiro atoms. The molecule has 0 bridgehead atoms. The number of rotatable bonds is 21. The predicted molar refractivity (Wildman–Crippen MR) is 156 cm³/mol. The summed E-state index contributed by atoms with van der Waals surface area (Å²) in [5.74, 6) is -5.41. The van der Waals surface area contributed by atoms with Gasteiger partial charge in [-0.1, -0.05) is 18.6 Å². The summed E-state index contributed by atoms with van der Waals surface area (Å²) in [6.07, 6.45) is 2.26. The minimum absolute atomic E-state index is 0.0258. The molecule has 4 atom stereocenters. The number of aliphatic carboxylic acids is 1. The Morgan fingerprint density at radius 1 is 0.744 bits per heavy atom. The van der Waals surface area contributed by atoms with Gasteiger partial charge in [-0.15, -0.1) is 0 Å². The fraction of sp³-hybridized carbons (Fsp3) is 0.556. The van der Waals surface area contributed by atoms with E-state index in [9.17, 15) is 39.0 Å². The van der Waals surface area contributed by atoms with Crippen LogP contribution in [0.1, 0.15) is 50.5 Å². The van der Waals surface area contributed by atoms with Crippen LogP contribution in [-0.4, -0.2) is 89.5 Å². The fourth-order valence-electron chi connectivity index (χ4n) is 3.97. The van der Waals surface area contributed by atoms with E-state index in [0.717, 1.165) is 0 Å². The summed E-state index contributed by atoms with van der Waals surface area (Å²) in [7, 11) is 0. The molecule has 43 heavy (non-hydrogen) atoms. The van der Waals surface area contributed by atoms with Gasteiger partial charge in [0, 0.05) is 6.42 Å². The number of nitrogens with one attached hydrogen (secondary N) is 4. The SMILES string of the molecule is NCCCCC(N)C(=O)NC(CCCCN)C(=O)NCC(=O)NC(CC(N)=O)C(=O)NC(Cc1ccc(O)cc1)C(=O)O. The molecule has 16 heteroatoms. The first kappa shape index (κ1) is 36.7. The number of carboxylic acids is 1. The van der Waals surface area contributed by atoms with E-state index in [2.05, 4.69) is 21.3 Å². The number of carbonyl (C=O) groups is 6. The number of carbonyl (C=O) groups excluding carboxylic acids is 5. The van der Waals surface area contributed by atoms with Crippen LogP contribution in [0.25, 0.3) is 0 Å². The first-order chi connectivity index (χ1) is 20.4. The molecule has 1 rings (SSSR count). The Hall–Kier alpha value is -4.28. The molecule has 16 nitrogen and oxygen atoms in total. The quantitative estimate of drug-likeness (QED) is 0.0629. The highest BCUT2D eigenvalue weighted by Crippen LogP contribution is 2.12. The van der Waals surface area contributed by atoms with Gasteiger partial charge in [0.25, 0.3) is 0 Å². The van der Waals surface area contributed by atoms with E-state index in [1.807, 2.05) is 0 Å². The second-order valence-electron chi connectivity index (χ2n) is 10.0. The van der Waals surface area contributed by atoms with Crippen molar-refractivity contribution < 1.29 is 39.0 Å². The normalized spacial score (nSPS) is 13.6. The summed E-state index contributed by atoms with van der Waals surface area (Å²) in [5, 5.41) is 28.5. The summed E-state index contributed by atoms with van der Waals surface area (Å²) < 4.78 is 0.